The summed E-state index contributed by atoms with van der Waals surface area (Å²) in [6, 6.07) is 0.335. The van der Waals surface area contributed by atoms with Crippen LogP contribution in [0.1, 0.15) is 68.9 Å². The highest BCUT2D eigenvalue weighted by Gasteiger charge is 2.48. The first-order valence-corrected chi connectivity index (χ1v) is 11.4. The molecule has 0 radical (unpaired) electrons. The van der Waals surface area contributed by atoms with Crippen molar-refractivity contribution < 1.29 is 9.53 Å². The van der Waals surface area contributed by atoms with Crippen molar-refractivity contribution in [3.63, 3.8) is 0 Å². The molecule has 1 saturated heterocycles. The molecule has 6 nitrogen and oxygen atoms in total. The number of nitrogens with one attached hydrogen (secondary N) is 1. The molecule has 158 valence electrons. The Labute approximate surface area is 173 Å². The van der Waals surface area contributed by atoms with Gasteiger partial charge in [0.2, 0.25) is 5.95 Å². The van der Waals surface area contributed by atoms with Gasteiger partial charge in [-0.2, -0.15) is 0 Å². The van der Waals surface area contributed by atoms with Crippen molar-refractivity contribution in [3.05, 3.63) is 17.5 Å². The number of hydrogen-bond donors (Lipinski definition) is 1. The molecule has 6 rings (SSSR count). The molecule has 2 heterocycles. The van der Waals surface area contributed by atoms with E-state index in [1.165, 1.54) is 32.1 Å². The summed E-state index contributed by atoms with van der Waals surface area (Å²) in [5, 5.41) is 3.44. The molecule has 29 heavy (non-hydrogen) atoms. The lowest BCUT2D eigenvalue weighted by atomic mass is 9.54. The van der Waals surface area contributed by atoms with Crippen LogP contribution < -0.4 is 10.2 Å². The van der Waals surface area contributed by atoms with Crippen LogP contribution in [0, 0.1) is 23.7 Å². The molecule has 5 fully saturated rings. The molecule has 1 aliphatic heterocycles. The first-order chi connectivity index (χ1) is 13.9. The molecule has 0 aromatic carbocycles. The van der Waals surface area contributed by atoms with Gasteiger partial charge >= 0.3 is 0 Å². The smallest absolute Gasteiger partial charge is 0.254 e. The van der Waals surface area contributed by atoms with E-state index in [0.29, 0.717) is 42.6 Å². The second kappa shape index (κ2) is 7.22. The number of carbonyl (C=O) groups excluding carboxylic acids is 1. The average Bonchev–Trinajstić information content (AvgIpc) is 2.69. The van der Waals surface area contributed by atoms with Crippen molar-refractivity contribution in [2.75, 3.05) is 31.2 Å². The zero-order chi connectivity index (χ0) is 20.2. The minimum atomic E-state index is -0.222. The maximum Gasteiger partial charge on any atom is 0.254 e. The summed E-state index contributed by atoms with van der Waals surface area (Å²) >= 11 is 0. The van der Waals surface area contributed by atoms with Gasteiger partial charge in [0.15, 0.2) is 0 Å². The monoisotopic (exact) mass is 398 g/mol. The SMILES string of the molecule is CC(C)(C)c1nc(N2CCOCC2)ncc1C(=O)NC1C2CC3CC(C2)CC1C3. The van der Waals surface area contributed by atoms with Crippen LogP contribution in [0.15, 0.2) is 6.20 Å². The lowest BCUT2D eigenvalue weighted by molar-refractivity contribution is -0.0119. The molecule has 4 saturated carbocycles. The fourth-order valence-corrected chi connectivity index (χ4v) is 6.42. The summed E-state index contributed by atoms with van der Waals surface area (Å²) in [6.07, 6.45) is 8.39. The normalized spacial score (nSPS) is 33.8. The highest BCUT2D eigenvalue weighted by Crippen LogP contribution is 2.53. The molecule has 0 unspecified atom stereocenters. The number of morpholine rings is 1. The van der Waals surface area contributed by atoms with Gasteiger partial charge in [0.25, 0.3) is 5.91 Å². The van der Waals surface area contributed by atoms with Crippen LogP contribution >= 0.6 is 0 Å². The molecule has 4 bridgehead atoms. The van der Waals surface area contributed by atoms with Crippen molar-refractivity contribution in [3.8, 4) is 0 Å². The van der Waals surface area contributed by atoms with Gasteiger partial charge in [-0.1, -0.05) is 20.8 Å². The Bertz CT molecular complexity index is 754. The maximum atomic E-state index is 13.4. The highest BCUT2D eigenvalue weighted by molar-refractivity contribution is 5.95. The van der Waals surface area contributed by atoms with Crippen LogP contribution in [-0.4, -0.2) is 48.2 Å². The molecule has 0 atom stereocenters. The number of nitrogens with zero attached hydrogens (tertiary/aromatic N) is 3. The van der Waals surface area contributed by atoms with Gasteiger partial charge in [-0.05, 0) is 55.8 Å². The van der Waals surface area contributed by atoms with Gasteiger partial charge in [0.05, 0.1) is 24.5 Å². The lowest BCUT2D eigenvalue weighted by Gasteiger charge is -2.54. The summed E-state index contributed by atoms with van der Waals surface area (Å²) < 4.78 is 5.45. The van der Waals surface area contributed by atoms with Gasteiger partial charge in [-0.15, -0.1) is 0 Å². The van der Waals surface area contributed by atoms with E-state index in [1.807, 2.05) is 0 Å². The summed E-state index contributed by atoms with van der Waals surface area (Å²) in [5.74, 6) is 3.88. The van der Waals surface area contributed by atoms with Gasteiger partial charge in [-0.3, -0.25) is 4.79 Å². The van der Waals surface area contributed by atoms with Crippen LogP contribution in [0.5, 0.6) is 0 Å². The summed E-state index contributed by atoms with van der Waals surface area (Å²) in [5.41, 5.74) is 1.26. The Morgan fingerprint density at radius 1 is 1.07 bits per heavy atom. The molecule has 1 aromatic rings. The molecular formula is C23H34N4O2. The molecule has 6 heteroatoms. The van der Waals surface area contributed by atoms with E-state index in [1.54, 1.807) is 6.20 Å². The third-order valence-electron chi connectivity index (χ3n) is 7.55. The molecule has 0 spiro atoms. The second-order valence-electron chi connectivity index (χ2n) is 10.7. The molecule has 1 N–H and O–H groups in total. The number of ether oxygens (including phenoxy) is 1. The molecule has 1 aromatic heterocycles. The average molecular weight is 399 g/mol. The predicted octanol–water partition coefficient (Wildman–Crippen LogP) is 3.17. The number of rotatable bonds is 3. The standard InChI is InChI=1S/C23H34N4O2/c1-23(2,3)20-18(13-24-22(26-20)27-4-6-29-7-5-27)21(28)25-19-16-9-14-8-15(11-16)12-17(19)10-14/h13-17,19H,4-12H2,1-3H3,(H,25,28). The van der Waals surface area contributed by atoms with Crippen molar-refractivity contribution in [1.82, 2.24) is 15.3 Å². The summed E-state index contributed by atoms with van der Waals surface area (Å²) in [4.78, 5) is 25.0. The Hall–Kier alpha value is -1.69. The van der Waals surface area contributed by atoms with E-state index in [2.05, 4.69) is 36.0 Å². The lowest BCUT2D eigenvalue weighted by Crippen LogP contribution is -2.56. The molecular weight excluding hydrogens is 364 g/mol. The highest BCUT2D eigenvalue weighted by atomic mass is 16.5. The Kier molecular flexibility index (Phi) is 4.80. The third-order valence-corrected chi connectivity index (χ3v) is 7.55. The Balaban J connectivity index is 1.38. The number of aromatic nitrogens is 2. The van der Waals surface area contributed by atoms with E-state index in [0.717, 1.165) is 30.6 Å². The minimum Gasteiger partial charge on any atom is -0.378 e. The van der Waals surface area contributed by atoms with E-state index in [4.69, 9.17) is 9.72 Å². The summed E-state index contributed by atoms with van der Waals surface area (Å²) in [7, 11) is 0. The van der Waals surface area contributed by atoms with Gasteiger partial charge in [0, 0.05) is 30.7 Å². The minimum absolute atomic E-state index is 0.0147. The topological polar surface area (TPSA) is 67.3 Å². The molecule has 4 aliphatic carbocycles. The first-order valence-electron chi connectivity index (χ1n) is 11.4. The number of anilines is 1. The van der Waals surface area contributed by atoms with Gasteiger partial charge in [0.1, 0.15) is 0 Å². The van der Waals surface area contributed by atoms with E-state index >= 15 is 0 Å². The Morgan fingerprint density at radius 2 is 1.69 bits per heavy atom. The van der Waals surface area contributed by atoms with Crippen LogP contribution in [0.25, 0.3) is 0 Å². The zero-order valence-corrected chi connectivity index (χ0v) is 18.0. The predicted molar refractivity (Wildman–Crippen MR) is 112 cm³/mol. The fraction of sp³-hybridized carbons (Fsp3) is 0.783. The first kappa shape index (κ1) is 19.3. The van der Waals surface area contributed by atoms with Crippen LogP contribution in [-0.2, 0) is 10.2 Å². The summed E-state index contributed by atoms with van der Waals surface area (Å²) in [6.45, 7) is 9.35. The van der Waals surface area contributed by atoms with Gasteiger partial charge < -0.3 is 15.0 Å². The number of amides is 1. The quantitative estimate of drug-likeness (QED) is 0.847. The van der Waals surface area contributed by atoms with Crippen molar-refractivity contribution in [2.45, 2.75) is 64.3 Å². The number of hydrogen-bond acceptors (Lipinski definition) is 5. The van der Waals surface area contributed by atoms with Crippen LogP contribution in [0.4, 0.5) is 5.95 Å². The van der Waals surface area contributed by atoms with Crippen molar-refractivity contribution >= 4 is 11.9 Å². The zero-order valence-electron chi connectivity index (χ0n) is 18.0. The largest absolute Gasteiger partial charge is 0.378 e. The van der Waals surface area contributed by atoms with E-state index in [-0.39, 0.29) is 11.3 Å². The van der Waals surface area contributed by atoms with Crippen molar-refractivity contribution in [1.29, 1.82) is 0 Å². The molecule has 5 aliphatic rings. The Morgan fingerprint density at radius 3 is 2.28 bits per heavy atom. The maximum absolute atomic E-state index is 13.4. The van der Waals surface area contributed by atoms with E-state index in [9.17, 15) is 4.79 Å². The number of carbonyl (C=O) groups is 1. The van der Waals surface area contributed by atoms with Gasteiger partial charge in [-0.25, -0.2) is 9.97 Å². The molecule has 1 amide bonds. The third kappa shape index (κ3) is 3.65. The van der Waals surface area contributed by atoms with E-state index < -0.39 is 0 Å². The van der Waals surface area contributed by atoms with Crippen LogP contribution in [0.2, 0.25) is 0 Å². The fourth-order valence-electron chi connectivity index (χ4n) is 6.42. The van der Waals surface area contributed by atoms with Crippen molar-refractivity contribution in [2.24, 2.45) is 23.7 Å². The van der Waals surface area contributed by atoms with Crippen LogP contribution in [0.3, 0.4) is 0 Å². The second-order valence-corrected chi connectivity index (χ2v) is 10.7.